The van der Waals surface area contributed by atoms with Crippen molar-refractivity contribution in [3.8, 4) is 0 Å². The fourth-order valence-corrected chi connectivity index (χ4v) is 5.91. The van der Waals surface area contributed by atoms with Crippen molar-refractivity contribution in [1.82, 2.24) is 10.2 Å². The van der Waals surface area contributed by atoms with E-state index in [1.54, 1.807) is 0 Å². The largest absolute Gasteiger partial charge is 0.393 e. The van der Waals surface area contributed by atoms with Crippen LogP contribution < -0.4 is 15.1 Å². The number of amides is 3. The number of nitrogens with one attached hydrogen (secondary N) is 1. The minimum Gasteiger partial charge on any atom is -0.393 e. The number of urea groups is 1. The maximum atomic E-state index is 13.1. The van der Waals surface area contributed by atoms with Gasteiger partial charge < -0.3 is 25.1 Å². The number of fused-ring (bicyclic) bond motifs is 2. The molecule has 7 heteroatoms. The van der Waals surface area contributed by atoms with Gasteiger partial charge in [0.1, 0.15) is 0 Å². The van der Waals surface area contributed by atoms with Gasteiger partial charge in [-0.25, -0.2) is 4.79 Å². The van der Waals surface area contributed by atoms with E-state index in [1.165, 1.54) is 0 Å². The molecular weight excluding hydrogens is 380 g/mol. The van der Waals surface area contributed by atoms with Crippen LogP contribution >= 0.6 is 0 Å². The number of anilines is 2. The van der Waals surface area contributed by atoms with Gasteiger partial charge in [-0.15, -0.1) is 0 Å². The van der Waals surface area contributed by atoms with Gasteiger partial charge in [0.25, 0.3) is 0 Å². The van der Waals surface area contributed by atoms with Crippen LogP contribution in [0.25, 0.3) is 0 Å². The Morgan fingerprint density at radius 1 is 1.00 bits per heavy atom. The van der Waals surface area contributed by atoms with Crippen molar-refractivity contribution < 1.29 is 14.7 Å². The smallest absolute Gasteiger partial charge is 0.318 e. The lowest BCUT2D eigenvalue weighted by molar-refractivity contribution is -0.117. The average Bonchev–Trinajstić information content (AvgIpc) is 3.29. The van der Waals surface area contributed by atoms with Crippen LogP contribution in [-0.4, -0.2) is 65.8 Å². The molecule has 0 aliphatic carbocycles. The monoisotopic (exact) mass is 412 g/mol. The molecule has 0 saturated carbocycles. The summed E-state index contributed by atoms with van der Waals surface area (Å²) in [6.45, 7) is 2.48. The number of hydrogen-bond donors (Lipinski definition) is 2. The van der Waals surface area contributed by atoms with Crippen molar-refractivity contribution >= 4 is 23.3 Å². The van der Waals surface area contributed by atoms with Crippen LogP contribution in [-0.2, 0) is 4.79 Å². The van der Waals surface area contributed by atoms with Crippen molar-refractivity contribution in [3.63, 3.8) is 0 Å². The van der Waals surface area contributed by atoms with Crippen molar-refractivity contribution in [2.24, 2.45) is 0 Å². The van der Waals surface area contributed by atoms with Gasteiger partial charge in [-0.1, -0.05) is 12.1 Å². The third kappa shape index (κ3) is 3.64. The average molecular weight is 413 g/mol. The summed E-state index contributed by atoms with van der Waals surface area (Å²) in [5.41, 5.74) is 2.09. The van der Waals surface area contributed by atoms with E-state index in [-0.39, 0.29) is 36.2 Å². The van der Waals surface area contributed by atoms with Crippen molar-refractivity contribution in [1.29, 1.82) is 0 Å². The zero-order valence-electron chi connectivity index (χ0n) is 17.5. The highest BCUT2D eigenvalue weighted by atomic mass is 16.3. The number of aliphatic hydroxyl groups excluding tert-OH is 1. The maximum absolute atomic E-state index is 13.1. The summed E-state index contributed by atoms with van der Waals surface area (Å²) in [6, 6.07) is 8.64. The van der Waals surface area contributed by atoms with E-state index >= 15 is 0 Å². The Labute approximate surface area is 178 Å². The third-order valence-electron chi connectivity index (χ3n) is 7.28. The van der Waals surface area contributed by atoms with Gasteiger partial charge in [-0.05, 0) is 57.1 Å². The molecule has 4 aliphatic heterocycles. The van der Waals surface area contributed by atoms with Crippen LogP contribution in [0.1, 0.15) is 51.4 Å². The summed E-state index contributed by atoms with van der Waals surface area (Å²) in [6.07, 6.45) is 6.68. The minimum atomic E-state index is -0.262. The fraction of sp³-hybridized carbons (Fsp3) is 0.652. The molecule has 30 heavy (non-hydrogen) atoms. The molecule has 5 rings (SSSR count). The number of para-hydroxylation sites is 2. The van der Waals surface area contributed by atoms with Crippen LogP contribution in [0.15, 0.2) is 24.3 Å². The van der Waals surface area contributed by atoms with E-state index < -0.39 is 0 Å². The number of piperidine rings is 2. The second-order valence-electron chi connectivity index (χ2n) is 9.29. The number of nitrogens with zero attached hydrogens (tertiary/aromatic N) is 3. The normalized spacial score (nSPS) is 31.4. The summed E-state index contributed by atoms with van der Waals surface area (Å²) in [5, 5.41) is 13.3. The highest BCUT2D eigenvalue weighted by molar-refractivity contribution is 5.98. The van der Waals surface area contributed by atoms with Gasteiger partial charge in [0.05, 0.1) is 17.5 Å². The van der Waals surface area contributed by atoms with Crippen molar-refractivity contribution in [2.75, 3.05) is 29.4 Å². The maximum Gasteiger partial charge on any atom is 0.318 e. The first-order valence-corrected chi connectivity index (χ1v) is 11.5. The van der Waals surface area contributed by atoms with E-state index in [1.807, 2.05) is 28.0 Å². The second kappa shape index (κ2) is 8.10. The van der Waals surface area contributed by atoms with Crippen LogP contribution in [0, 0.1) is 0 Å². The van der Waals surface area contributed by atoms with Crippen LogP contribution in [0.3, 0.4) is 0 Å². The van der Waals surface area contributed by atoms with E-state index in [2.05, 4.69) is 16.3 Å². The fourth-order valence-electron chi connectivity index (χ4n) is 5.91. The van der Waals surface area contributed by atoms with E-state index in [4.69, 9.17) is 0 Å². The van der Waals surface area contributed by atoms with E-state index in [9.17, 15) is 14.7 Å². The summed E-state index contributed by atoms with van der Waals surface area (Å²) in [5.74, 6) is 0.201. The molecule has 0 spiro atoms. The molecule has 4 fully saturated rings. The summed E-state index contributed by atoms with van der Waals surface area (Å²) >= 11 is 0. The van der Waals surface area contributed by atoms with Gasteiger partial charge in [-0.2, -0.15) is 0 Å². The lowest BCUT2D eigenvalue weighted by Gasteiger charge is -2.40. The predicted octanol–water partition coefficient (Wildman–Crippen LogP) is 2.48. The van der Waals surface area contributed by atoms with Crippen molar-refractivity contribution in [2.45, 2.75) is 75.6 Å². The Bertz CT molecular complexity index is 801. The molecule has 1 aromatic carbocycles. The number of aliphatic hydroxyl groups is 1. The second-order valence-corrected chi connectivity index (χ2v) is 9.29. The van der Waals surface area contributed by atoms with Gasteiger partial charge in [0.15, 0.2) is 0 Å². The molecule has 3 amide bonds. The lowest BCUT2D eigenvalue weighted by Crippen LogP contribution is -2.56. The first-order valence-electron chi connectivity index (χ1n) is 11.5. The Kier molecular flexibility index (Phi) is 5.31. The molecule has 2 unspecified atom stereocenters. The topological polar surface area (TPSA) is 76.1 Å². The molecule has 4 aliphatic rings. The van der Waals surface area contributed by atoms with Crippen molar-refractivity contribution in [3.05, 3.63) is 24.3 Å². The Hall–Kier alpha value is -2.28. The zero-order valence-corrected chi connectivity index (χ0v) is 17.5. The zero-order chi connectivity index (χ0) is 20.7. The minimum absolute atomic E-state index is 0.0317. The number of carbonyl (C=O) groups is 2. The highest BCUT2D eigenvalue weighted by Crippen LogP contribution is 2.36. The third-order valence-corrected chi connectivity index (χ3v) is 7.28. The van der Waals surface area contributed by atoms with Crippen LogP contribution in [0.2, 0.25) is 0 Å². The summed E-state index contributed by atoms with van der Waals surface area (Å²) < 4.78 is 0. The molecule has 0 aromatic heterocycles. The molecule has 2 bridgehead atoms. The Balaban J connectivity index is 1.27. The SMILES string of the molecule is O=C1CCCN1c1ccccc1N1CCC[C@H](NC(=O)N2C3CCC2CC(O)C3)C1. The molecule has 7 nitrogen and oxygen atoms in total. The van der Waals surface area contributed by atoms with E-state index in [0.717, 1.165) is 63.1 Å². The molecule has 3 atom stereocenters. The molecule has 0 radical (unpaired) electrons. The van der Waals surface area contributed by atoms with E-state index in [0.29, 0.717) is 19.3 Å². The van der Waals surface area contributed by atoms with Crippen LogP contribution in [0.4, 0.5) is 16.2 Å². The predicted molar refractivity (Wildman–Crippen MR) is 116 cm³/mol. The molecular formula is C23H32N4O3. The first-order chi connectivity index (χ1) is 14.6. The molecule has 4 heterocycles. The van der Waals surface area contributed by atoms with Gasteiger partial charge in [0, 0.05) is 44.2 Å². The number of hydrogen-bond acceptors (Lipinski definition) is 4. The van der Waals surface area contributed by atoms with Gasteiger partial charge in [0.2, 0.25) is 5.91 Å². The summed E-state index contributed by atoms with van der Waals surface area (Å²) in [7, 11) is 0. The Morgan fingerprint density at radius 3 is 2.43 bits per heavy atom. The Morgan fingerprint density at radius 2 is 1.73 bits per heavy atom. The quantitative estimate of drug-likeness (QED) is 0.800. The molecule has 4 saturated heterocycles. The number of benzene rings is 1. The number of rotatable bonds is 3. The van der Waals surface area contributed by atoms with Gasteiger partial charge >= 0.3 is 6.03 Å². The lowest BCUT2D eigenvalue weighted by atomic mass is 10.00. The van der Waals surface area contributed by atoms with Gasteiger partial charge in [-0.3, -0.25) is 4.79 Å². The summed E-state index contributed by atoms with van der Waals surface area (Å²) in [4.78, 5) is 31.6. The standard InChI is InChI=1S/C23H32N4O3/c28-19-13-17-9-10-18(14-19)27(17)23(30)24-16-5-3-11-25(15-16)20-6-1-2-7-21(20)26-12-4-8-22(26)29/h1-2,6-7,16-19,28H,3-5,8-15H2,(H,24,30)/t16-,17?,18?,19?/m0/s1. The molecule has 1 aromatic rings. The molecule has 2 N–H and O–H groups in total. The first kappa shape index (κ1) is 19.7. The highest BCUT2D eigenvalue weighted by Gasteiger charge is 2.43. The molecule has 162 valence electrons. The number of carbonyl (C=O) groups excluding carboxylic acids is 2. The van der Waals surface area contributed by atoms with Crippen LogP contribution in [0.5, 0.6) is 0 Å².